The van der Waals surface area contributed by atoms with Gasteiger partial charge in [-0.15, -0.1) is 0 Å². The van der Waals surface area contributed by atoms with E-state index < -0.39 is 18.1 Å². The fourth-order valence-corrected chi connectivity index (χ4v) is 1.89. The van der Waals surface area contributed by atoms with E-state index in [0.717, 1.165) is 10.8 Å². The third-order valence-electron chi connectivity index (χ3n) is 3.00. The molecule has 21 heavy (non-hydrogen) atoms. The van der Waals surface area contributed by atoms with Gasteiger partial charge in [-0.05, 0) is 22.9 Å². The van der Waals surface area contributed by atoms with Gasteiger partial charge in [0.15, 0.2) is 6.10 Å². The molecule has 0 aromatic heterocycles. The summed E-state index contributed by atoms with van der Waals surface area (Å²) in [6.07, 6.45) is -1.51. The van der Waals surface area contributed by atoms with E-state index in [9.17, 15) is 9.59 Å². The number of anilines is 1. The first kappa shape index (κ1) is 14.8. The van der Waals surface area contributed by atoms with Crippen molar-refractivity contribution in [3.8, 4) is 0 Å². The van der Waals surface area contributed by atoms with E-state index in [2.05, 4.69) is 10.6 Å². The third-order valence-corrected chi connectivity index (χ3v) is 3.00. The number of urea groups is 1. The first-order chi connectivity index (χ1) is 10.1. The van der Waals surface area contributed by atoms with Crippen LogP contribution in [-0.4, -0.2) is 34.9 Å². The molecule has 2 aromatic rings. The molecule has 1 atom stereocenters. The number of aliphatic hydroxyl groups is 1. The van der Waals surface area contributed by atoms with Crippen LogP contribution in [0.1, 0.15) is 6.42 Å². The molecule has 0 saturated carbocycles. The lowest BCUT2D eigenvalue weighted by molar-refractivity contribution is -0.146. The Morgan fingerprint density at radius 1 is 1.10 bits per heavy atom. The molecule has 1 unspecified atom stereocenters. The highest BCUT2D eigenvalue weighted by atomic mass is 16.4. The second kappa shape index (κ2) is 6.71. The normalized spacial score (nSPS) is 11.9. The number of nitrogens with one attached hydrogen (secondary N) is 2. The molecule has 0 saturated heterocycles. The van der Waals surface area contributed by atoms with Crippen molar-refractivity contribution >= 4 is 28.5 Å². The van der Waals surface area contributed by atoms with Crippen LogP contribution in [0.5, 0.6) is 0 Å². The Kier molecular flexibility index (Phi) is 4.73. The van der Waals surface area contributed by atoms with Gasteiger partial charge < -0.3 is 20.8 Å². The smallest absolute Gasteiger partial charge is 0.332 e. The zero-order valence-electron chi connectivity index (χ0n) is 11.2. The van der Waals surface area contributed by atoms with Crippen molar-refractivity contribution < 1.29 is 19.8 Å². The Morgan fingerprint density at radius 2 is 1.81 bits per heavy atom. The van der Waals surface area contributed by atoms with Crippen LogP contribution >= 0.6 is 0 Å². The van der Waals surface area contributed by atoms with E-state index in [0.29, 0.717) is 5.69 Å². The summed E-state index contributed by atoms with van der Waals surface area (Å²) in [5.74, 6) is -1.30. The van der Waals surface area contributed by atoms with Crippen LogP contribution in [0.2, 0.25) is 0 Å². The minimum Gasteiger partial charge on any atom is -0.479 e. The summed E-state index contributed by atoms with van der Waals surface area (Å²) in [6.45, 7) is 0.0763. The van der Waals surface area contributed by atoms with Gasteiger partial charge in [0, 0.05) is 18.7 Å². The minimum atomic E-state index is -1.47. The number of aliphatic hydroxyl groups excluding tert-OH is 1. The van der Waals surface area contributed by atoms with Gasteiger partial charge in [-0.2, -0.15) is 0 Å². The summed E-state index contributed by atoms with van der Waals surface area (Å²) in [6, 6.07) is 12.9. The first-order valence-corrected chi connectivity index (χ1v) is 6.51. The summed E-state index contributed by atoms with van der Waals surface area (Å²) < 4.78 is 0. The van der Waals surface area contributed by atoms with Crippen molar-refractivity contribution in [2.45, 2.75) is 12.5 Å². The van der Waals surface area contributed by atoms with Crippen LogP contribution in [0.4, 0.5) is 10.5 Å². The van der Waals surface area contributed by atoms with Gasteiger partial charge >= 0.3 is 12.0 Å². The monoisotopic (exact) mass is 288 g/mol. The second-order valence-corrected chi connectivity index (χ2v) is 4.59. The Labute approximate surface area is 121 Å². The Bertz CT molecular complexity index is 657. The fourth-order valence-electron chi connectivity index (χ4n) is 1.89. The number of carboxylic acid groups (broad SMARTS) is 1. The molecule has 6 heteroatoms. The number of hydrogen-bond acceptors (Lipinski definition) is 3. The van der Waals surface area contributed by atoms with Gasteiger partial charge in [-0.1, -0.05) is 30.3 Å². The third kappa shape index (κ3) is 4.19. The molecular formula is C15H16N2O4. The highest BCUT2D eigenvalue weighted by Gasteiger charge is 2.12. The topological polar surface area (TPSA) is 98.7 Å². The molecule has 0 radical (unpaired) electrons. The predicted octanol–water partition coefficient (Wildman–Crippen LogP) is 1.80. The number of rotatable bonds is 5. The van der Waals surface area contributed by atoms with Crippen molar-refractivity contribution in [3.05, 3.63) is 42.5 Å². The molecule has 6 nitrogen and oxygen atoms in total. The molecule has 2 amide bonds. The Balaban J connectivity index is 1.88. The number of carbonyl (C=O) groups is 2. The first-order valence-electron chi connectivity index (χ1n) is 6.51. The summed E-state index contributed by atoms with van der Waals surface area (Å²) in [4.78, 5) is 22.1. The number of carboxylic acids is 1. The maximum atomic E-state index is 11.6. The molecule has 110 valence electrons. The van der Waals surface area contributed by atoms with E-state index in [1.807, 2.05) is 36.4 Å². The largest absolute Gasteiger partial charge is 0.479 e. The standard InChI is InChI=1S/C15H16N2O4/c18-13(14(19)20)7-8-16-15(21)17-12-6-5-10-3-1-2-4-11(10)9-12/h1-6,9,13,18H,7-8H2,(H,19,20)(H2,16,17,21). The van der Waals surface area contributed by atoms with Crippen LogP contribution < -0.4 is 10.6 Å². The number of fused-ring (bicyclic) bond motifs is 1. The molecule has 2 rings (SSSR count). The molecule has 2 aromatic carbocycles. The molecule has 0 aliphatic carbocycles. The molecule has 0 aliphatic heterocycles. The predicted molar refractivity (Wildman–Crippen MR) is 79.2 cm³/mol. The van der Waals surface area contributed by atoms with E-state index in [-0.39, 0.29) is 13.0 Å². The molecule has 0 aliphatic rings. The van der Waals surface area contributed by atoms with Gasteiger partial charge in [0.05, 0.1) is 0 Å². The zero-order valence-corrected chi connectivity index (χ0v) is 11.2. The van der Waals surface area contributed by atoms with Crippen LogP contribution in [0, 0.1) is 0 Å². The van der Waals surface area contributed by atoms with Crippen molar-refractivity contribution in [2.24, 2.45) is 0 Å². The lowest BCUT2D eigenvalue weighted by atomic mass is 10.1. The van der Waals surface area contributed by atoms with Crippen molar-refractivity contribution in [1.29, 1.82) is 0 Å². The highest BCUT2D eigenvalue weighted by Crippen LogP contribution is 2.18. The Morgan fingerprint density at radius 3 is 2.52 bits per heavy atom. The fraction of sp³-hybridized carbons (Fsp3) is 0.200. The van der Waals surface area contributed by atoms with Crippen LogP contribution in [0.15, 0.2) is 42.5 Å². The average Bonchev–Trinajstić information content (AvgIpc) is 2.46. The van der Waals surface area contributed by atoms with Gasteiger partial charge in [-0.3, -0.25) is 0 Å². The van der Waals surface area contributed by atoms with Crippen LogP contribution in [0.25, 0.3) is 10.8 Å². The average molecular weight is 288 g/mol. The molecule has 0 spiro atoms. The summed E-state index contributed by atoms with van der Waals surface area (Å²) in [5.41, 5.74) is 0.644. The number of hydrogen-bond donors (Lipinski definition) is 4. The highest BCUT2D eigenvalue weighted by molar-refractivity contribution is 5.93. The lowest BCUT2D eigenvalue weighted by Gasteiger charge is -2.09. The summed E-state index contributed by atoms with van der Waals surface area (Å²) in [5, 5.41) is 24.8. The number of carbonyl (C=O) groups excluding carboxylic acids is 1. The van der Waals surface area contributed by atoms with Gasteiger partial charge in [0.2, 0.25) is 0 Å². The van der Waals surface area contributed by atoms with Crippen molar-refractivity contribution in [3.63, 3.8) is 0 Å². The molecule has 4 N–H and O–H groups in total. The van der Waals surface area contributed by atoms with Gasteiger partial charge in [0.1, 0.15) is 0 Å². The van der Waals surface area contributed by atoms with Crippen LogP contribution in [-0.2, 0) is 4.79 Å². The number of benzene rings is 2. The SMILES string of the molecule is O=C(NCCC(O)C(=O)O)Nc1ccc2ccccc2c1. The maximum Gasteiger partial charge on any atom is 0.332 e. The number of amides is 2. The summed E-state index contributed by atoms with van der Waals surface area (Å²) in [7, 11) is 0. The van der Waals surface area contributed by atoms with Gasteiger partial charge in [-0.25, -0.2) is 9.59 Å². The quantitative estimate of drug-likeness (QED) is 0.674. The maximum absolute atomic E-state index is 11.6. The van der Waals surface area contributed by atoms with Crippen molar-refractivity contribution in [2.75, 3.05) is 11.9 Å². The van der Waals surface area contributed by atoms with E-state index in [1.54, 1.807) is 6.07 Å². The zero-order chi connectivity index (χ0) is 15.2. The molecule has 0 bridgehead atoms. The van der Waals surface area contributed by atoms with E-state index in [1.165, 1.54) is 0 Å². The number of aliphatic carboxylic acids is 1. The van der Waals surface area contributed by atoms with Crippen molar-refractivity contribution in [1.82, 2.24) is 5.32 Å². The van der Waals surface area contributed by atoms with E-state index in [4.69, 9.17) is 10.2 Å². The van der Waals surface area contributed by atoms with Gasteiger partial charge in [0.25, 0.3) is 0 Å². The van der Waals surface area contributed by atoms with E-state index >= 15 is 0 Å². The molecular weight excluding hydrogens is 272 g/mol. The lowest BCUT2D eigenvalue weighted by Crippen LogP contribution is -2.33. The minimum absolute atomic E-state index is 0.0412. The molecule has 0 heterocycles. The summed E-state index contributed by atoms with van der Waals surface area (Å²) >= 11 is 0. The molecule has 0 fully saturated rings. The second-order valence-electron chi connectivity index (χ2n) is 4.59. The van der Waals surface area contributed by atoms with Crippen LogP contribution in [0.3, 0.4) is 0 Å². The Hall–Kier alpha value is -2.60.